The lowest BCUT2D eigenvalue weighted by molar-refractivity contribution is 0.784. The summed E-state index contributed by atoms with van der Waals surface area (Å²) in [5.41, 5.74) is 8.90. The van der Waals surface area contributed by atoms with Crippen LogP contribution in [0.4, 0.5) is 0 Å². The molecule has 6 nitrogen and oxygen atoms in total. The van der Waals surface area contributed by atoms with Gasteiger partial charge in [0.25, 0.3) is 0 Å². The molecule has 0 bridgehead atoms. The minimum absolute atomic E-state index is 0.589. The van der Waals surface area contributed by atoms with Gasteiger partial charge in [0.15, 0.2) is 5.16 Å². The van der Waals surface area contributed by atoms with E-state index in [4.69, 9.17) is 5.73 Å². The fourth-order valence-electron chi connectivity index (χ4n) is 2.15. The Balaban J connectivity index is 2.08. The van der Waals surface area contributed by atoms with Gasteiger partial charge in [-0.3, -0.25) is 5.10 Å². The van der Waals surface area contributed by atoms with E-state index >= 15 is 0 Å². The molecule has 0 radical (unpaired) electrons. The Morgan fingerprint density at radius 2 is 2.10 bits per heavy atom. The third-order valence-electron chi connectivity index (χ3n) is 3.12. The third kappa shape index (κ3) is 2.84. The van der Waals surface area contributed by atoms with Gasteiger partial charge in [-0.05, 0) is 43.8 Å². The van der Waals surface area contributed by atoms with E-state index in [1.165, 1.54) is 18.1 Å². The van der Waals surface area contributed by atoms with Crippen LogP contribution in [0, 0.1) is 6.92 Å². The number of H-pyrrole nitrogens is 1. The molecular formula is C14H16N6S. The van der Waals surface area contributed by atoms with Crippen LogP contribution in [0.3, 0.4) is 0 Å². The predicted octanol–water partition coefficient (Wildman–Crippen LogP) is 1.95. The molecule has 2 heterocycles. The zero-order chi connectivity index (χ0) is 14.7. The SMILES string of the molecule is Cc1nn(-c2ccccc2)c(Sc2ncn[nH]2)c1CCN. The van der Waals surface area contributed by atoms with Gasteiger partial charge in [-0.2, -0.15) is 10.2 Å². The summed E-state index contributed by atoms with van der Waals surface area (Å²) in [7, 11) is 0. The number of hydrogen-bond donors (Lipinski definition) is 2. The number of nitrogens with two attached hydrogens (primary N) is 1. The van der Waals surface area contributed by atoms with Gasteiger partial charge in [0, 0.05) is 5.56 Å². The van der Waals surface area contributed by atoms with Crippen LogP contribution in [0.15, 0.2) is 46.8 Å². The Labute approximate surface area is 126 Å². The molecule has 21 heavy (non-hydrogen) atoms. The lowest BCUT2D eigenvalue weighted by Crippen LogP contribution is -2.05. The minimum Gasteiger partial charge on any atom is -0.330 e. The van der Waals surface area contributed by atoms with E-state index in [-0.39, 0.29) is 0 Å². The van der Waals surface area contributed by atoms with Crippen LogP contribution in [-0.2, 0) is 6.42 Å². The molecular weight excluding hydrogens is 284 g/mol. The number of hydrogen-bond acceptors (Lipinski definition) is 5. The van der Waals surface area contributed by atoms with Crippen LogP contribution in [0.25, 0.3) is 5.69 Å². The minimum atomic E-state index is 0.589. The molecule has 3 rings (SSSR count). The quantitative estimate of drug-likeness (QED) is 0.752. The maximum atomic E-state index is 5.74. The molecule has 1 aromatic carbocycles. The molecule has 0 aliphatic rings. The third-order valence-corrected chi connectivity index (χ3v) is 4.12. The summed E-state index contributed by atoms with van der Waals surface area (Å²) < 4.78 is 1.94. The lowest BCUT2D eigenvalue weighted by atomic mass is 10.2. The number of para-hydroxylation sites is 1. The molecule has 2 aromatic heterocycles. The summed E-state index contributed by atoms with van der Waals surface area (Å²) in [5.74, 6) is 0. The lowest BCUT2D eigenvalue weighted by Gasteiger charge is -2.07. The molecule has 0 aliphatic carbocycles. The average molecular weight is 300 g/mol. The second-order valence-corrected chi connectivity index (χ2v) is 5.53. The van der Waals surface area contributed by atoms with Crippen molar-refractivity contribution < 1.29 is 0 Å². The van der Waals surface area contributed by atoms with E-state index in [1.54, 1.807) is 0 Å². The number of aryl methyl sites for hydroxylation is 1. The second-order valence-electron chi connectivity index (χ2n) is 4.55. The van der Waals surface area contributed by atoms with Crippen molar-refractivity contribution in [2.24, 2.45) is 5.73 Å². The molecule has 7 heteroatoms. The first-order valence-corrected chi connectivity index (χ1v) is 7.48. The Morgan fingerprint density at radius 3 is 2.76 bits per heavy atom. The smallest absolute Gasteiger partial charge is 0.189 e. The van der Waals surface area contributed by atoms with Crippen LogP contribution in [0.1, 0.15) is 11.3 Å². The van der Waals surface area contributed by atoms with Crippen molar-refractivity contribution in [3.05, 3.63) is 47.9 Å². The first-order chi connectivity index (χ1) is 10.3. The average Bonchev–Trinajstić information content (AvgIpc) is 3.12. The van der Waals surface area contributed by atoms with Crippen molar-refractivity contribution in [2.75, 3.05) is 6.54 Å². The molecule has 0 amide bonds. The Hall–Kier alpha value is -2.12. The number of benzene rings is 1. The first-order valence-electron chi connectivity index (χ1n) is 6.67. The van der Waals surface area contributed by atoms with E-state index in [9.17, 15) is 0 Å². The molecule has 0 spiro atoms. The number of nitrogens with zero attached hydrogens (tertiary/aromatic N) is 4. The van der Waals surface area contributed by atoms with Crippen LogP contribution in [0.5, 0.6) is 0 Å². The monoisotopic (exact) mass is 300 g/mol. The summed E-state index contributed by atoms with van der Waals surface area (Å²) in [6.45, 7) is 2.60. The molecule has 0 unspecified atom stereocenters. The van der Waals surface area contributed by atoms with Crippen molar-refractivity contribution in [2.45, 2.75) is 23.5 Å². The fraction of sp³-hybridized carbons (Fsp3) is 0.214. The Morgan fingerprint density at radius 1 is 1.29 bits per heavy atom. The van der Waals surface area contributed by atoms with E-state index in [0.717, 1.165) is 33.5 Å². The standard InChI is InChI=1S/C14H16N6S/c1-10-12(7-8-15)13(21-14-16-9-17-18-14)20(19-10)11-5-3-2-4-6-11/h2-6,9H,7-8,15H2,1H3,(H,16,17,18). The van der Waals surface area contributed by atoms with Crippen LogP contribution in [0.2, 0.25) is 0 Å². The van der Waals surface area contributed by atoms with Crippen molar-refractivity contribution in [3.63, 3.8) is 0 Å². The molecule has 3 aromatic rings. The summed E-state index contributed by atoms with van der Waals surface area (Å²) in [5, 5.41) is 13.2. The van der Waals surface area contributed by atoms with Gasteiger partial charge in [-0.15, -0.1) is 0 Å². The van der Waals surface area contributed by atoms with Crippen molar-refractivity contribution in [1.29, 1.82) is 0 Å². The highest BCUT2D eigenvalue weighted by molar-refractivity contribution is 7.99. The highest BCUT2D eigenvalue weighted by Gasteiger charge is 2.18. The fourth-order valence-corrected chi connectivity index (χ4v) is 3.14. The Bertz CT molecular complexity index is 705. The zero-order valence-electron chi connectivity index (χ0n) is 11.7. The van der Waals surface area contributed by atoms with Crippen molar-refractivity contribution in [1.82, 2.24) is 25.0 Å². The summed E-state index contributed by atoms with van der Waals surface area (Å²) >= 11 is 1.52. The topological polar surface area (TPSA) is 85.4 Å². The molecule has 0 fully saturated rings. The van der Waals surface area contributed by atoms with Crippen molar-refractivity contribution in [3.8, 4) is 5.69 Å². The van der Waals surface area contributed by atoms with Gasteiger partial charge in [-0.25, -0.2) is 9.67 Å². The van der Waals surface area contributed by atoms with Crippen LogP contribution in [-0.4, -0.2) is 31.5 Å². The van der Waals surface area contributed by atoms with E-state index in [2.05, 4.69) is 20.3 Å². The van der Waals surface area contributed by atoms with E-state index in [1.807, 2.05) is 41.9 Å². The number of aromatic nitrogens is 5. The van der Waals surface area contributed by atoms with Crippen molar-refractivity contribution >= 4 is 11.8 Å². The number of rotatable bonds is 5. The van der Waals surface area contributed by atoms with Gasteiger partial charge in [0.05, 0.1) is 11.4 Å². The number of aromatic amines is 1. The van der Waals surface area contributed by atoms with Gasteiger partial charge >= 0.3 is 0 Å². The summed E-state index contributed by atoms with van der Waals surface area (Å²) in [6.07, 6.45) is 2.29. The maximum absolute atomic E-state index is 5.74. The Kier molecular flexibility index (Phi) is 4.03. The number of nitrogens with one attached hydrogen (secondary N) is 1. The first kappa shape index (κ1) is 13.8. The molecule has 0 atom stereocenters. The normalized spacial score (nSPS) is 11.0. The summed E-state index contributed by atoms with van der Waals surface area (Å²) in [4.78, 5) is 4.18. The molecule has 3 N–H and O–H groups in total. The zero-order valence-corrected chi connectivity index (χ0v) is 12.5. The highest BCUT2D eigenvalue weighted by Crippen LogP contribution is 2.32. The van der Waals surface area contributed by atoms with Crippen LogP contribution >= 0.6 is 11.8 Å². The maximum Gasteiger partial charge on any atom is 0.189 e. The van der Waals surface area contributed by atoms with Gasteiger partial charge in [-0.1, -0.05) is 18.2 Å². The second kappa shape index (κ2) is 6.11. The van der Waals surface area contributed by atoms with Gasteiger partial charge in [0.1, 0.15) is 11.4 Å². The predicted molar refractivity (Wildman–Crippen MR) is 81.6 cm³/mol. The molecule has 0 saturated carbocycles. The van der Waals surface area contributed by atoms with Gasteiger partial charge in [0.2, 0.25) is 0 Å². The van der Waals surface area contributed by atoms with E-state index in [0.29, 0.717) is 6.54 Å². The van der Waals surface area contributed by atoms with E-state index < -0.39 is 0 Å². The molecule has 108 valence electrons. The van der Waals surface area contributed by atoms with Gasteiger partial charge < -0.3 is 5.73 Å². The van der Waals surface area contributed by atoms with Crippen LogP contribution < -0.4 is 5.73 Å². The molecule has 0 saturated heterocycles. The largest absolute Gasteiger partial charge is 0.330 e. The highest BCUT2D eigenvalue weighted by atomic mass is 32.2. The summed E-state index contributed by atoms with van der Waals surface area (Å²) in [6, 6.07) is 10.0. The molecule has 0 aliphatic heterocycles.